The summed E-state index contributed by atoms with van der Waals surface area (Å²) >= 11 is 6.08. The number of benzene rings is 1. The molecule has 0 spiro atoms. The summed E-state index contributed by atoms with van der Waals surface area (Å²) in [5.41, 5.74) is 0.904. The van der Waals surface area contributed by atoms with Gasteiger partial charge in [0.25, 0.3) is 0 Å². The van der Waals surface area contributed by atoms with Gasteiger partial charge in [-0.15, -0.1) is 0 Å². The van der Waals surface area contributed by atoms with Crippen molar-refractivity contribution in [3.05, 3.63) is 34.6 Å². The summed E-state index contributed by atoms with van der Waals surface area (Å²) in [7, 11) is 0. The molecule has 1 N–H and O–H groups in total. The topological polar surface area (TPSA) is 15.3 Å². The molecule has 0 aromatic heterocycles. The van der Waals surface area contributed by atoms with Crippen LogP contribution in [0.4, 0.5) is 4.39 Å². The molecule has 1 aromatic rings. The lowest BCUT2D eigenvalue weighted by molar-refractivity contribution is 0.141. The molecule has 1 unspecified atom stereocenters. The number of hydrogen-bond donors (Lipinski definition) is 1. The predicted octanol–water partition coefficient (Wildman–Crippen LogP) is 3.83. The first-order valence-corrected chi connectivity index (χ1v) is 8.50. The molecular weight excluding hydrogens is 287 g/mol. The maximum atomic E-state index is 13.5. The van der Waals surface area contributed by atoms with E-state index in [0.29, 0.717) is 6.04 Å². The molecule has 4 heteroatoms. The molecule has 1 aliphatic heterocycles. The Balaban J connectivity index is 1.62. The molecule has 0 bridgehead atoms. The highest BCUT2D eigenvalue weighted by atomic mass is 35.5. The van der Waals surface area contributed by atoms with Crippen LogP contribution in [0.5, 0.6) is 0 Å². The third-order valence-corrected chi connectivity index (χ3v) is 5.36. The van der Waals surface area contributed by atoms with Gasteiger partial charge in [0.05, 0.1) is 5.02 Å². The monoisotopic (exact) mass is 310 g/mol. The Morgan fingerprint density at radius 2 is 2.05 bits per heavy atom. The third-order valence-electron chi connectivity index (χ3n) is 4.93. The van der Waals surface area contributed by atoms with Gasteiger partial charge in [-0.1, -0.05) is 43.0 Å². The highest BCUT2D eigenvalue weighted by Gasteiger charge is 2.28. The standard InChI is InChI=1S/C17H24ClFN2/c18-17-14(7-4-8-15(17)19)11-21-10-9-20-16(12-21)13-5-2-1-3-6-13/h4,7-8,13,16,20H,1-3,5-6,9-12H2. The summed E-state index contributed by atoms with van der Waals surface area (Å²) in [6.45, 7) is 3.84. The second-order valence-electron chi connectivity index (χ2n) is 6.41. The Labute approximate surface area is 131 Å². The van der Waals surface area contributed by atoms with Crippen molar-refractivity contribution in [3.8, 4) is 0 Å². The average molecular weight is 311 g/mol. The second kappa shape index (κ2) is 7.08. The van der Waals surface area contributed by atoms with Gasteiger partial charge in [-0.3, -0.25) is 4.90 Å². The van der Waals surface area contributed by atoms with Crippen molar-refractivity contribution in [2.45, 2.75) is 44.7 Å². The predicted molar refractivity (Wildman–Crippen MR) is 85.1 cm³/mol. The van der Waals surface area contributed by atoms with Gasteiger partial charge >= 0.3 is 0 Å². The van der Waals surface area contributed by atoms with Crippen molar-refractivity contribution in [2.75, 3.05) is 19.6 Å². The quantitative estimate of drug-likeness (QED) is 0.912. The van der Waals surface area contributed by atoms with E-state index in [4.69, 9.17) is 11.6 Å². The largest absolute Gasteiger partial charge is 0.311 e. The van der Waals surface area contributed by atoms with Crippen LogP contribution in [-0.2, 0) is 6.54 Å². The van der Waals surface area contributed by atoms with E-state index in [1.54, 1.807) is 6.07 Å². The highest BCUT2D eigenvalue weighted by Crippen LogP contribution is 2.28. The van der Waals surface area contributed by atoms with Crippen LogP contribution in [0.1, 0.15) is 37.7 Å². The Morgan fingerprint density at radius 3 is 2.86 bits per heavy atom. The molecule has 0 amide bonds. The second-order valence-corrected chi connectivity index (χ2v) is 6.78. The number of rotatable bonds is 3. The summed E-state index contributed by atoms with van der Waals surface area (Å²) in [4.78, 5) is 2.41. The number of piperazine rings is 1. The van der Waals surface area contributed by atoms with Crippen LogP contribution in [0.2, 0.25) is 5.02 Å². The zero-order chi connectivity index (χ0) is 14.7. The Bertz CT molecular complexity index is 474. The summed E-state index contributed by atoms with van der Waals surface area (Å²) in [5.74, 6) is 0.498. The number of nitrogens with zero attached hydrogens (tertiary/aromatic N) is 1. The molecule has 21 heavy (non-hydrogen) atoms. The maximum absolute atomic E-state index is 13.5. The van der Waals surface area contributed by atoms with Crippen molar-refractivity contribution < 1.29 is 4.39 Å². The van der Waals surface area contributed by atoms with Crippen LogP contribution in [0.25, 0.3) is 0 Å². The highest BCUT2D eigenvalue weighted by molar-refractivity contribution is 6.31. The van der Waals surface area contributed by atoms with Crippen LogP contribution in [0.15, 0.2) is 18.2 Å². The fourth-order valence-electron chi connectivity index (χ4n) is 3.75. The van der Waals surface area contributed by atoms with Crippen LogP contribution in [0, 0.1) is 11.7 Å². The van der Waals surface area contributed by atoms with Crippen LogP contribution < -0.4 is 5.32 Å². The molecule has 1 heterocycles. The van der Waals surface area contributed by atoms with Crippen LogP contribution in [0.3, 0.4) is 0 Å². The molecule has 1 atom stereocenters. The smallest absolute Gasteiger partial charge is 0.142 e. The van der Waals surface area contributed by atoms with Gasteiger partial charge in [0.15, 0.2) is 0 Å². The lowest BCUT2D eigenvalue weighted by Gasteiger charge is -2.39. The molecule has 1 aromatic carbocycles. The van der Waals surface area contributed by atoms with Crippen molar-refractivity contribution in [2.24, 2.45) is 5.92 Å². The molecule has 2 nitrogen and oxygen atoms in total. The summed E-state index contributed by atoms with van der Waals surface area (Å²) in [6, 6.07) is 5.70. The average Bonchev–Trinajstić information content (AvgIpc) is 2.53. The van der Waals surface area contributed by atoms with Crippen molar-refractivity contribution in [1.82, 2.24) is 10.2 Å². The van der Waals surface area contributed by atoms with Crippen LogP contribution in [-0.4, -0.2) is 30.6 Å². The number of halogens is 2. The zero-order valence-corrected chi connectivity index (χ0v) is 13.2. The Kier molecular flexibility index (Phi) is 5.15. The van der Waals surface area contributed by atoms with E-state index >= 15 is 0 Å². The fourth-order valence-corrected chi connectivity index (χ4v) is 3.94. The van der Waals surface area contributed by atoms with Gasteiger partial charge in [0.2, 0.25) is 0 Å². The van der Waals surface area contributed by atoms with Gasteiger partial charge in [0.1, 0.15) is 5.82 Å². The number of hydrogen-bond acceptors (Lipinski definition) is 2. The minimum Gasteiger partial charge on any atom is -0.311 e. The molecule has 2 aliphatic rings. The number of nitrogens with one attached hydrogen (secondary N) is 1. The first kappa shape index (κ1) is 15.3. The molecule has 3 rings (SSSR count). The maximum Gasteiger partial charge on any atom is 0.142 e. The van der Waals surface area contributed by atoms with Gasteiger partial charge in [0, 0.05) is 32.2 Å². The summed E-state index contributed by atoms with van der Waals surface area (Å²) in [5, 5.41) is 3.96. The van der Waals surface area contributed by atoms with Crippen molar-refractivity contribution in [1.29, 1.82) is 0 Å². The molecule has 1 saturated carbocycles. The SMILES string of the molecule is Fc1cccc(CN2CCNC(C3CCCCC3)C2)c1Cl. The fraction of sp³-hybridized carbons (Fsp3) is 0.647. The van der Waals surface area contributed by atoms with Gasteiger partial charge in [-0.2, -0.15) is 0 Å². The molecule has 2 fully saturated rings. The minimum atomic E-state index is -0.312. The Hall–Kier alpha value is -0.640. The summed E-state index contributed by atoms with van der Waals surface area (Å²) in [6.07, 6.45) is 6.85. The van der Waals surface area contributed by atoms with Crippen molar-refractivity contribution in [3.63, 3.8) is 0 Å². The van der Waals surface area contributed by atoms with Gasteiger partial charge < -0.3 is 5.32 Å². The molecule has 1 aliphatic carbocycles. The van der Waals surface area contributed by atoms with E-state index in [1.807, 2.05) is 6.07 Å². The van der Waals surface area contributed by atoms with E-state index < -0.39 is 0 Å². The first-order chi connectivity index (χ1) is 10.2. The van der Waals surface area contributed by atoms with Gasteiger partial charge in [-0.05, 0) is 30.4 Å². The lowest BCUT2D eigenvalue weighted by Crippen LogP contribution is -2.53. The molecule has 1 saturated heterocycles. The van der Waals surface area contributed by atoms with E-state index in [-0.39, 0.29) is 10.8 Å². The molecule has 116 valence electrons. The Morgan fingerprint density at radius 1 is 1.24 bits per heavy atom. The van der Waals surface area contributed by atoms with Crippen molar-refractivity contribution >= 4 is 11.6 Å². The first-order valence-electron chi connectivity index (χ1n) is 8.12. The van der Waals surface area contributed by atoms with E-state index in [1.165, 1.54) is 38.2 Å². The normalized spacial score (nSPS) is 25.1. The summed E-state index contributed by atoms with van der Waals surface area (Å²) < 4.78 is 13.5. The molecular formula is C17H24ClFN2. The van der Waals surface area contributed by atoms with Gasteiger partial charge in [-0.25, -0.2) is 4.39 Å². The lowest BCUT2D eigenvalue weighted by atomic mass is 9.83. The minimum absolute atomic E-state index is 0.283. The molecule has 0 radical (unpaired) electrons. The van der Waals surface area contributed by atoms with E-state index in [0.717, 1.165) is 37.7 Å². The third kappa shape index (κ3) is 3.77. The zero-order valence-electron chi connectivity index (χ0n) is 12.5. The van der Waals surface area contributed by atoms with E-state index in [9.17, 15) is 4.39 Å². The van der Waals surface area contributed by atoms with E-state index in [2.05, 4.69) is 10.2 Å². The van der Waals surface area contributed by atoms with Crippen LogP contribution >= 0.6 is 11.6 Å².